The number of nitrogens with one attached hydrogen (secondary N) is 2. The first-order valence-electron chi connectivity index (χ1n) is 5.51. The maximum atomic E-state index is 8.62. The zero-order valence-electron chi connectivity index (χ0n) is 9.20. The Hall–Kier alpha value is -0.610. The largest absolute Gasteiger partial charge is 0.395 e. The third kappa shape index (κ3) is 4.62. The molecule has 3 N–H and O–H groups in total. The molecule has 2 unspecified atom stereocenters. The molecule has 0 spiro atoms. The van der Waals surface area contributed by atoms with Gasteiger partial charge in [-0.2, -0.15) is 0 Å². The fourth-order valence-electron chi connectivity index (χ4n) is 1.75. The van der Waals surface area contributed by atoms with Crippen LogP contribution in [0.1, 0.15) is 19.8 Å². The van der Waals surface area contributed by atoms with Gasteiger partial charge in [-0.3, -0.25) is 0 Å². The zero-order chi connectivity index (χ0) is 11.1. The van der Waals surface area contributed by atoms with Gasteiger partial charge in [-0.15, -0.1) is 0 Å². The normalized spacial score (nSPS) is 24.9. The third-order valence-electron chi connectivity index (χ3n) is 2.84. The Labute approximate surface area is 96.9 Å². The van der Waals surface area contributed by atoms with Crippen molar-refractivity contribution in [1.82, 2.24) is 10.6 Å². The van der Waals surface area contributed by atoms with E-state index in [1.807, 2.05) is 0 Å². The summed E-state index contributed by atoms with van der Waals surface area (Å²) < 4.78 is 0. The quantitative estimate of drug-likeness (QED) is 0.497. The average Bonchev–Trinajstić information content (AvgIpc) is 2.25. The highest BCUT2D eigenvalue weighted by molar-refractivity contribution is 7.80. The van der Waals surface area contributed by atoms with Gasteiger partial charge in [0.15, 0.2) is 5.11 Å². The molecule has 4 heteroatoms. The molecular weight excluding hydrogens is 208 g/mol. The predicted molar refractivity (Wildman–Crippen MR) is 66.7 cm³/mol. The Bertz CT molecular complexity index is 231. The summed E-state index contributed by atoms with van der Waals surface area (Å²) in [6, 6.07) is 0. The van der Waals surface area contributed by atoms with E-state index >= 15 is 0 Å². The van der Waals surface area contributed by atoms with E-state index < -0.39 is 0 Å². The van der Waals surface area contributed by atoms with Crippen LogP contribution in [0.2, 0.25) is 0 Å². The van der Waals surface area contributed by atoms with Gasteiger partial charge in [0.25, 0.3) is 0 Å². The lowest BCUT2D eigenvalue weighted by molar-refractivity contribution is 0.299. The molecule has 0 fully saturated rings. The highest BCUT2D eigenvalue weighted by Gasteiger charge is 2.17. The van der Waals surface area contributed by atoms with E-state index in [1.54, 1.807) is 0 Å². The van der Waals surface area contributed by atoms with Crippen molar-refractivity contribution < 1.29 is 5.11 Å². The van der Waals surface area contributed by atoms with Gasteiger partial charge in [0.1, 0.15) is 0 Å². The molecule has 0 saturated heterocycles. The molecule has 0 aliphatic heterocycles. The zero-order valence-corrected chi connectivity index (χ0v) is 10.0. The Balaban J connectivity index is 2.18. The monoisotopic (exact) mass is 228 g/mol. The lowest BCUT2D eigenvalue weighted by Gasteiger charge is -2.25. The molecule has 1 aliphatic carbocycles. The summed E-state index contributed by atoms with van der Waals surface area (Å²) in [5, 5.41) is 15.4. The van der Waals surface area contributed by atoms with Gasteiger partial charge in [0.05, 0.1) is 6.61 Å². The number of allylic oxidation sites excluding steroid dienone is 2. The Morgan fingerprint density at radius 3 is 2.80 bits per heavy atom. The van der Waals surface area contributed by atoms with Crippen LogP contribution in [-0.2, 0) is 0 Å². The van der Waals surface area contributed by atoms with Crippen LogP contribution in [0.5, 0.6) is 0 Å². The van der Waals surface area contributed by atoms with Gasteiger partial charge in [0.2, 0.25) is 0 Å². The number of rotatable bonds is 4. The molecule has 1 aliphatic rings. The van der Waals surface area contributed by atoms with Crippen LogP contribution >= 0.6 is 12.2 Å². The second-order valence-corrected chi connectivity index (χ2v) is 4.45. The van der Waals surface area contributed by atoms with Crippen LogP contribution < -0.4 is 10.6 Å². The molecule has 0 bridgehead atoms. The van der Waals surface area contributed by atoms with Crippen molar-refractivity contribution in [3.05, 3.63) is 12.2 Å². The van der Waals surface area contributed by atoms with E-state index in [0.717, 1.165) is 18.9 Å². The smallest absolute Gasteiger partial charge is 0.166 e. The van der Waals surface area contributed by atoms with E-state index in [-0.39, 0.29) is 6.61 Å². The van der Waals surface area contributed by atoms with Gasteiger partial charge >= 0.3 is 0 Å². The SMILES string of the molecule is CC1CC=CCC1CNC(=S)NCCO. The van der Waals surface area contributed by atoms with Gasteiger partial charge in [0, 0.05) is 13.1 Å². The van der Waals surface area contributed by atoms with Crippen LogP contribution in [0, 0.1) is 11.8 Å². The van der Waals surface area contributed by atoms with Crippen LogP contribution in [-0.4, -0.2) is 29.9 Å². The van der Waals surface area contributed by atoms with E-state index in [0.29, 0.717) is 17.6 Å². The summed E-state index contributed by atoms with van der Waals surface area (Å²) in [4.78, 5) is 0. The van der Waals surface area contributed by atoms with Crippen molar-refractivity contribution >= 4 is 17.3 Å². The molecule has 3 nitrogen and oxygen atoms in total. The van der Waals surface area contributed by atoms with Crippen LogP contribution in [0.15, 0.2) is 12.2 Å². The minimum atomic E-state index is 0.115. The Morgan fingerprint density at radius 1 is 1.40 bits per heavy atom. The Morgan fingerprint density at radius 2 is 2.13 bits per heavy atom. The predicted octanol–water partition coefficient (Wildman–Crippen LogP) is 1.05. The van der Waals surface area contributed by atoms with E-state index in [2.05, 4.69) is 29.7 Å². The number of aliphatic hydroxyl groups is 1. The summed E-state index contributed by atoms with van der Waals surface area (Å²) in [6.45, 7) is 3.83. The van der Waals surface area contributed by atoms with Gasteiger partial charge in [-0.1, -0.05) is 19.1 Å². The first-order valence-corrected chi connectivity index (χ1v) is 5.92. The second-order valence-electron chi connectivity index (χ2n) is 4.04. The summed E-state index contributed by atoms with van der Waals surface area (Å²) in [5.41, 5.74) is 0. The summed E-state index contributed by atoms with van der Waals surface area (Å²) in [5.74, 6) is 1.40. The lowest BCUT2D eigenvalue weighted by atomic mass is 9.84. The Kier molecular flexibility index (Phi) is 5.65. The van der Waals surface area contributed by atoms with Crippen molar-refractivity contribution in [3.63, 3.8) is 0 Å². The van der Waals surface area contributed by atoms with Gasteiger partial charge in [-0.25, -0.2) is 0 Å². The standard InChI is InChI=1S/C11H20N2OS/c1-9-4-2-3-5-10(9)8-13-11(15)12-6-7-14/h2-3,9-10,14H,4-8H2,1H3,(H2,12,13,15). The van der Waals surface area contributed by atoms with Crippen molar-refractivity contribution in [2.45, 2.75) is 19.8 Å². The minimum absolute atomic E-state index is 0.115. The van der Waals surface area contributed by atoms with Crippen molar-refractivity contribution in [2.24, 2.45) is 11.8 Å². The average molecular weight is 228 g/mol. The molecule has 0 aromatic carbocycles. The molecule has 0 saturated carbocycles. The van der Waals surface area contributed by atoms with Crippen molar-refractivity contribution in [3.8, 4) is 0 Å². The molecule has 1 rings (SSSR count). The van der Waals surface area contributed by atoms with Gasteiger partial charge < -0.3 is 15.7 Å². The topological polar surface area (TPSA) is 44.3 Å². The first kappa shape index (κ1) is 12.5. The number of hydrogen-bond donors (Lipinski definition) is 3. The van der Waals surface area contributed by atoms with E-state index in [9.17, 15) is 0 Å². The summed E-state index contributed by atoms with van der Waals surface area (Å²) >= 11 is 5.08. The number of aliphatic hydroxyl groups excluding tert-OH is 1. The van der Waals surface area contributed by atoms with Gasteiger partial charge in [-0.05, 0) is 36.9 Å². The maximum absolute atomic E-state index is 8.62. The number of hydrogen-bond acceptors (Lipinski definition) is 2. The molecule has 0 radical (unpaired) electrons. The molecule has 0 heterocycles. The fraction of sp³-hybridized carbons (Fsp3) is 0.727. The molecule has 0 aromatic heterocycles. The van der Waals surface area contributed by atoms with Crippen LogP contribution in [0.4, 0.5) is 0 Å². The highest BCUT2D eigenvalue weighted by atomic mass is 32.1. The third-order valence-corrected chi connectivity index (χ3v) is 3.13. The van der Waals surface area contributed by atoms with E-state index in [1.165, 1.54) is 6.42 Å². The van der Waals surface area contributed by atoms with Crippen LogP contribution in [0.25, 0.3) is 0 Å². The summed E-state index contributed by atoms with van der Waals surface area (Å²) in [6.07, 6.45) is 6.81. The first-order chi connectivity index (χ1) is 7.24. The molecule has 0 amide bonds. The molecular formula is C11H20N2OS. The molecule has 86 valence electrons. The molecule has 15 heavy (non-hydrogen) atoms. The number of thiocarbonyl (C=S) groups is 1. The van der Waals surface area contributed by atoms with Crippen molar-refractivity contribution in [2.75, 3.05) is 19.7 Å². The minimum Gasteiger partial charge on any atom is -0.395 e. The summed E-state index contributed by atoms with van der Waals surface area (Å²) in [7, 11) is 0. The maximum Gasteiger partial charge on any atom is 0.166 e. The lowest BCUT2D eigenvalue weighted by Crippen LogP contribution is -2.40. The fourth-order valence-corrected chi connectivity index (χ4v) is 1.93. The highest BCUT2D eigenvalue weighted by Crippen LogP contribution is 2.23. The van der Waals surface area contributed by atoms with Crippen molar-refractivity contribution in [1.29, 1.82) is 0 Å². The van der Waals surface area contributed by atoms with Crippen LogP contribution in [0.3, 0.4) is 0 Å². The molecule has 2 atom stereocenters. The second kappa shape index (κ2) is 6.80. The van der Waals surface area contributed by atoms with E-state index in [4.69, 9.17) is 17.3 Å². The molecule has 0 aromatic rings.